The molecule has 0 saturated carbocycles. The summed E-state index contributed by atoms with van der Waals surface area (Å²) >= 11 is 1.31. The van der Waals surface area contributed by atoms with E-state index in [0.717, 1.165) is 39.0 Å². The Labute approximate surface area is 225 Å². The van der Waals surface area contributed by atoms with Crippen LogP contribution in [0.3, 0.4) is 0 Å². The average molecular weight is 522 g/mol. The third-order valence-corrected chi connectivity index (χ3v) is 6.86. The predicted molar refractivity (Wildman–Crippen MR) is 153 cm³/mol. The molecule has 0 spiro atoms. The van der Waals surface area contributed by atoms with Gasteiger partial charge in [0.1, 0.15) is 5.75 Å². The first-order valence-corrected chi connectivity index (χ1v) is 13.3. The maximum absolute atomic E-state index is 12.7. The molecule has 0 aliphatic heterocycles. The monoisotopic (exact) mass is 521 g/mol. The molecule has 0 atom stereocenters. The van der Waals surface area contributed by atoms with Crippen LogP contribution < -0.4 is 10.2 Å². The van der Waals surface area contributed by atoms with E-state index in [2.05, 4.69) is 38.9 Å². The van der Waals surface area contributed by atoms with Gasteiger partial charge in [-0.1, -0.05) is 84.6 Å². The SMILES string of the molecule is CCOc1ccc(-n2c(SCC(=O)N/N=C(\C)c3cccc4ccccc34)nnc2-c2ccccc2)cc1. The van der Waals surface area contributed by atoms with E-state index in [0.29, 0.717) is 17.6 Å². The maximum Gasteiger partial charge on any atom is 0.250 e. The first-order valence-electron chi connectivity index (χ1n) is 12.3. The van der Waals surface area contributed by atoms with Gasteiger partial charge in [0.25, 0.3) is 5.91 Å². The zero-order chi connectivity index (χ0) is 26.3. The van der Waals surface area contributed by atoms with Crippen molar-refractivity contribution in [2.45, 2.75) is 19.0 Å². The molecule has 0 radical (unpaired) electrons. The normalized spacial score (nSPS) is 11.5. The maximum atomic E-state index is 12.7. The van der Waals surface area contributed by atoms with Crippen LogP contribution in [0.25, 0.3) is 27.8 Å². The molecule has 38 heavy (non-hydrogen) atoms. The van der Waals surface area contributed by atoms with E-state index in [1.54, 1.807) is 0 Å². The van der Waals surface area contributed by atoms with Gasteiger partial charge in [-0.2, -0.15) is 5.10 Å². The van der Waals surface area contributed by atoms with E-state index in [-0.39, 0.29) is 11.7 Å². The number of nitrogens with zero attached hydrogens (tertiary/aromatic N) is 4. The number of amides is 1. The molecule has 0 unspecified atom stereocenters. The van der Waals surface area contributed by atoms with Gasteiger partial charge in [-0.05, 0) is 48.9 Å². The molecule has 1 aromatic heterocycles. The molecule has 1 amide bonds. The van der Waals surface area contributed by atoms with Crippen LogP contribution in [0.1, 0.15) is 19.4 Å². The van der Waals surface area contributed by atoms with E-state index >= 15 is 0 Å². The highest BCUT2D eigenvalue weighted by Crippen LogP contribution is 2.29. The molecule has 0 bridgehead atoms. The van der Waals surface area contributed by atoms with E-state index in [1.807, 2.05) is 97.3 Å². The van der Waals surface area contributed by atoms with Gasteiger partial charge in [0, 0.05) is 16.8 Å². The van der Waals surface area contributed by atoms with Gasteiger partial charge >= 0.3 is 0 Å². The van der Waals surface area contributed by atoms with E-state index in [9.17, 15) is 4.79 Å². The lowest BCUT2D eigenvalue weighted by Crippen LogP contribution is -2.21. The third kappa shape index (κ3) is 5.60. The van der Waals surface area contributed by atoms with Crippen LogP contribution >= 0.6 is 11.8 Å². The fraction of sp³-hybridized carbons (Fsp3) is 0.133. The number of fused-ring (bicyclic) bond motifs is 1. The van der Waals surface area contributed by atoms with Gasteiger partial charge in [-0.3, -0.25) is 9.36 Å². The highest BCUT2D eigenvalue weighted by Gasteiger charge is 2.17. The first-order chi connectivity index (χ1) is 18.6. The zero-order valence-corrected chi connectivity index (χ0v) is 22.0. The second-order valence-electron chi connectivity index (χ2n) is 8.48. The summed E-state index contributed by atoms with van der Waals surface area (Å²) in [5.41, 5.74) is 6.22. The average Bonchev–Trinajstić information content (AvgIpc) is 3.39. The van der Waals surface area contributed by atoms with Crippen molar-refractivity contribution in [2.24, 2.45) is 5.10 Å². The van der Waals surface area contributed by atoms with Crippen LogP contribution in [-0.2, 0) is 4.79 Å². The van der Waals surface area contributed by atoms with Gasteiger partial charge in [0.15, 0.2) is 11.0 Å². The van der Waals surface area contributed by atoms with Crippen molar-refractivity contribution in [1.82, 2.24) is 20.2 Å². The minimum atomic E-state index is -0.225. The molecule has 5 rings (SSSR count). The Kier molecular flexibility index (Phi) is 7.80. The lowest BCUT2D eigenvalue weighted by atomic mass is 10.0. The summed E-state index contributed by atoms with van der Waals surface area (Å²) in [5, 5.41) is 16.0. The molecule has 4 aromatic carbocycles. The number of nitrogens with one attached hydrogen (secondary N) is 1. The number of hydrogen-bond donors (Lipinski definition) is 1. The standard InChI is InChI=1S/C30H27N5O2S/c1-3-37-25-18-16-24(17-19-25)35-29(23-11-5-4-6-12-23)33-34-30(35)38-20-28(36)32-31-21(2)26-15-9-13-22-10-7-8-14-27(22)26/h4-19H,3,20H2,1-2H3,(H,32,36)/b31-21+. The quantitative estimate of drug-likeness (QED) is 0.144. The molecular formula is C30H27N5O2S. The first kappa shape index (κ1) is 25.2. The van der Waals surface area contributed by atoms with Crippen LogP contribution in [0.5, 0.6) is 5.75 Å². The fourth-order valence-electron chi connectivity index (χ4n) is 4.14. The number of thioether (sulfide) groups is 1. The molecule has 1 N–H and O–H groups in total. The number of hydrazone groups is 1. The molecule has 0 aliphatic carbocycles. The van der Waals surface area contributed by atoms with E-state index in [1.165, 1.54) is 11.8 Å². The number of carbonyl (C=O) groups excluding carboxylic acids is 1. The number of ether oxygens (including phenoxy) is 1. The van der Waals surface area contributed by atoms with Crippen molar-refractivity contribution >= 4 is 34.2 Å². The van der Waals surface area contributed by atoms with Crippen molar-refractivity contribution in [3.63, 3.8) is 0 Å². The van der Waals surface area contributed by atoms with E-state index < -0.39 is 0 Å². The van der Waals surface area contributed by atoms with Crippen molar-refractivity contribution in [3.8, 4) is 22.8 Å². The van der Waals surface area contributed by atoms with Crippen LogP contribution in [0.4, 0.5) is 0 Å². The second-order valence-corrected chi connectivity index (χ2v) is 9.42. The lowest BCUT2D eigenvalue weighted by molar-refractivity contribution is -0.118. The predicted octanol–water partition coefficient (Wildman–Crippen LogP) is 6.12. The number of carbonyl (C=O) groups is 1. The van der Waals surface area contributed by atoms with Gasteiger partial charge in [-0.25, -0.2) is 5.43 Å². The molecule has 190 valence electrons. The van der Waals surface area contributed by atoms with Crippen LogP contribution in [0, 0.1) is 0 Å². The Morgan fingerprint density at radius 1 is 0.921 bits per heavy atom. The van der Waals surface area contributed by atoms with Crippen molar-refractivity contribution in [1.29, 1.82) is 0 Å². The summed E-state index contributed by atoms with van der Waals surface area (Å²) in [7, 11) is 0. The number of hydrogen-bond acceptors (Lipinski definition) is 6. The number of rotatable bonds is 9. The Balaban J connectivity index is 1.34. The summed E-state index contributed by atoms with van der Waals surface area (Å²) in [4.78, 5) is 12.7. The summed E-state index contributed by atoms with van der Waals surface area (Å²) in [6, 6.07) is 31.8. The van der Waals surface area contributed by atoms with Gasteiger partial charge in [0.05, 0.1) is 18.1 Å². The second kappa shape index (κ2) is 11.7. The highest BCUT2D eigenvalue weighted by atomic mass is 32.2. The largest absolute Gasteiger partial charge is 0.494 e. The summed E-state index contributed by atoms with van der Waals surface area (Å²) < 4.78 is 7.55. The Bertz CT molecular complexity index is 1570. The summed E-state index contributed by atoms with van der Waals surface area (Å²) in [5.74, 6) is 1.40. The minimum absolute atomic E-state index is 0.135. The Morgan fingerprint density at radius 3 is 2.45 bits per heavy atom. The van der Waals surface area contributed by atoms with Gasteiger partial charge in [0.2, 0.25) is 0 Å². The molecule has 0 fully saturated rings. The molecule has 0 saturated heterocycles. The van der Waals surface area contributed by atoms with Crippen LogP contribution in [0.15, 0.2) is 107 Å². The van der Waals surface area contributed by atoms with E-state index in [4.69, 9.17) is 4.74 Å². The molecule has 5 aromatic rings. The molecule has 8 heteroatoms. The molecule has 1 heterocycles. The Morgan fingerprint density at radius 2 is 1.66 bits per heavy atom. The highest BCUT2D eigenvalue weighted by molar-refractivity contribution is 7.99. The lowest BCUT2D eigenvalue weighted by Gasteiger charge is -2.11. The zero-order valence-electron chi connectivity index (χ0n) is 21.2. The minimum Gasteiger partial charge on any atom is -0.494 e. The topological polar surface area (TPSA) is 81.4 Å². The van der Waals surface area contributed by atoms with Crippen molar-refractivity contribution < 1.29 is 9.53 Å². The fourth-order valence-corrected chi connectivity index (χ4v) is 4.88. The molecule has 7 nitrogen and oxygen atoms in total. The summed E-state index contributed by atoms with van der Waals surface area (Å²) in [6.07, 6.45) is 0. The van der Waals surface area contributed by atoms with Crippen molar-refractivity contribution in [3.05, 3.63) is 103 Å². The third-order valence-electron chi connectivity index (χ3n) is 5.93. The Hall–Kier alpha value is -4.43. The smallest absolute Gasteiger partial charge is 0.250 e. The number of benzene rings is 4. The summed E-state index contributed by atoms with van der Waals surface area (Å²) in [6.45, 7) is 4.44. The molecular weight excluding hydrogens is 494 g/mol. The van der Waals surface area contributed by atoms with Crippen LogP contribution in [-0.4, -0.2) is 38.7 Å². The number of aromatic nitrogens is 3. The molecule has 0 aliphatic rings. The van der Waals surface area contributed by atoms with Gasteiger partial charge < -0.3 is 4.74 Å². The van der Waals surface area contributed by atoms with Gasteiger partial charge in [-0.15, -0.1) is 10.2 Å². The van der Waals surface area contributed by atoms with Crippen molar-refractivity contribution in [2.75, 3.05) is 12.4 Å². The van der Waals surface area contributed by atoms with Crippen LogP contribution in [0.2, 0.25) is 0 Å².